The van der Waals surface area contributed by atoms with Crippen LogP contribution in [0.4, 0.5) is 4.39 Å². The normalized spacial score (nSPS) is 29.1. The number of rotatable bonds is 6. The maximum atomic E-state index is 12.7. The van der Waals surface area contributed by atoms with Crippen molar-refractivity contribution in [3.8, 4) is 0 Å². The summed E-state index contributed by atoms with van der Waals surface area (Å²) in [4.78, 5) is 12.7. The zero-order chi connectivity index (χ0) is 16.9. The number of hydrogen-bond acceptors (Lipinski definition) is 3. The third kappa shape index (κ3) is 3.99. The Hall–Kier alpha value is -0.950. The second-order valence-corrected chi connectivity index (χ2v) is 7.31. The van der Waals surface area contributed by atoms with Crippen LogP contribution in [-0.2, 0) is 9.53 Å². The van der Waals surface area contributed by atoms with Gasteiger partial charge in [0.15, 0.2) is 0 Å². The summed E-state index contributed by atoms with van der Waals surface area (Å²) in [6.45, 7) is -0.276. The second-order valence-electron chi connectivity index (χ2n) is 6.59. The molecule has 0 radical (unpaired) electrons. The summed E-state index contributed by atoms with van der Waals surface area (Å²) in [6.07, 6.45) is 5.42. The molecule has 24 heavy (non-hydrogen) atoms. The second kappa shape index (κ2) is 8.43. The smallest absolute Gasteiger partial charge is 0.311 e. The van der Waals surface area contributed by atoms with Crippen LogP contribution in [0, 0.1) is 5.92 Å². The van der Waals surface area contributed by atoms with Gasteiger partial charge in [-0.1, -0.05) is 46.9 Å². The van der Waals surface area contributed by atoms with Crippen molar-refractivity contribution in [2.45, 2.75) is 43.7 Å². The number of alkyl halides is 1. The van der Waals surface area contributed by atoms with E-state index in [0.29, 0.717) is 6.04 Å². The SMILES string of the molecule is O=C(OCCC[18F])C1C2CCC(CC1c1cccc(/C=C\I)c1)N2. The van der Waals surface area contributed by atoms with Crippen LogP contribution in [0.15, 0.2) is 28.3 Å². The Morgan fingerprint density at radius 1 is 1.42 bits per heavy atom. The van der Waals surface area contributed by atoms with Gasteiger partial charge in [-0.05, 0) is 40.5 Å². The fraction of sp³-hybridized carbons (Fsp3) is 0.526. The van der Waals surface area contributed by atoms with Gasteiger partial charge in [0.1, 0.15) is 0 Å². The van der Waals surface area contributed by atoms with Crippen molar-refractivity contribution in [2.75, 3.05) is 13.3 Å². The minimum atomic E-state index is -0.449. The number of benzene rings is 1. The van der Waals surface area contributed by atoms with E-state index in [9.17, 15) is 9.18 Å². The minimum Gasteiger partial charge on any atom is -0.465 e. The number of carbonyl (C=O) groups is 1. The van der Waals surface area contributed by atoms with Gasteiger partial charge in [-0.25, -0.2) is 0 Å². The van der Waals surface area contributed by atoms with Gasteiger partial charge in [-0.2, -0.15) is 0 Å². The van der Waals surface area contributed by atoms with Crippen LogP contribution >= 0.6 is 22.6 Å². The van der Waals surface area contributed by atoms with E-state index in [-0.39, 0.29) is 36.9 Å². The molecule has 2 heterocycles. The van der Waals surface area contributed by atoms with Gasteiger partial charge in [0.05, 0.1) is 19.2 Å². The number of carbonyl (C=O) groups excluding carboxylic acids is 1. The Labute approximate surface area is 156 Å². The third-order valence-corrected chi connectivity index (χ3v) is 5.43. The molecule has 3 nitrogen and oxygen atoms in total. The molecule has 1 aromatic rings. The van der Waals surface area contributed by atoms with Crippen LogP contribution in [0.2, 0.25) is 0 Å². The van der Waals surface area contributed by atoms with E-state index in [2.05, 4.69) is 58.2 Å². The third-order valence-electron chi connectivity index (χ3n) is 5.07. The summed E-state index contributed by atoms with van der Waals surface area (Å²) in [5.41, 5.74) is 2.35. The van der Waals surface area contributed by atoms with E-state index in [1.54, 1.807) is 0 Å². The lowest BCUT2D eigenvalue weighted by Gasteiger charge is -2.36. The Morgan fingerprint density at radius 2 is 2.29 bits per heavy atom. The lowest BCUT2D eigenvalue weighted by molar-refractivity contribution is -0.151. The molecule has 2 aliphatic rings. The number of halogens is 2. The maximum Gasteiger partial charge on any atom is 0.311 e. The predicted molar refractivity (Wildman–Crippen MR) is 102 cm³/mol. The van der Waals surface area contributed by atoms with Crippen LogP contribution < -0.4 is 5.32 Å². The maximum absolute atomic E-state index is 12.7. The largest absolute Gasteiger partial charge is 0.465 e. The summed E-state index contributed by atoms with van der Waals surface area (Å²) >= 11 is 2.21. The summed E-state index contributed by atoms with van der Waals surface area (Å²) in [6, 6.07) is 9.07. The number of ether oxygens (including phenoxy) is 1. The van der Waals surface area contributed by atoms with E-state index in [0.717, 1.165) is 24.8 Å². The summed E-state index contributed by atoms with van der Waals surface area (Å²) in [5, 5.41) is 3.56. The Balaban J connectivity index is 1.83. The molecule has 0 amide bonds. The van der Waals surface area contributed by atoms with Crippen molar-refractivity contribution in [1.82, 2.24) is 5.32 Å². The quantitative estimate of drug-likeness (QED) is 0.408. The first-order valence-electron chi connectivity index (χ1n) is 8.58. The molecule has 2 saturated heterocycles. The van der Waals surface area contributed by atoms with E-state index >= 15 is 0 Å². The molecule has 0 aliphatic carbocycles. The molecule has 5 heteroatoms. The number of piperidine rings is 1. The van der Waals surface area contributed by atoms with E-state index < -0.39 is 6.67 Å². The van der Waals surface area contributed by atoms with Gasteiger partial charge in [0.2, 0.25) is 0 Å². The topological polar surface area (TPSA) is 38.3 Å². The fourth-order valence-corrected chi connectivity index (χ4v) is 4.43. The fourth-order valence-electron chi connectivity index (χ4n) is 4.01. The lowest BCUT2D eigenvalue weighted by atomic mass is 9.76. The predicted octanol–water partition coefficient (Wildman–Crippen LogP) is 4.22. The minimum absolute atomic E-state index is 0.171. The van der Waals surface area contributed by atoms with Crippen molar-refractivity contribution in [2.24, 2.45) is 5.92 Å². The number of nitrogens with one attached hydrogen (secondary N) is 1. The molecule has 2 fully saturated rings. The molecular weight excluding hydrogens is 419 g/mol. The van der Waals surface area contributed by atoms with E-state index in [1.165, 1.54) is 5.56 Å². The van der Waals surface area contributed by atoms with Gasteiger partial charge < -0.3 is 10.1 Å². The van der Waals surface area contributed by atoms with Gasteiger partial charge in [-0.3, -0.25) is 9.18 Å². The van der Waals surface area contributed by atoms with Gasteiger partial charge >= 0.3 is 5.97 Å². The van der Waals surface area contributed by atoms with Crippen molar-refractivity contribution >= 4 is 34.6 Å². The monoisotopic (exact) mass is 442 g/mol. The molecule has 4 atom stereocenters. The van der Waals surface area contributed by atoms with E-state index in [1.807, 2.05) is 4.08 Å². The molecule has 1 aromatic carbocycles. The molecule has 130 valence electrons. The molecular formula is C19H23FINO2. The highest BCUT2D eigenvalue weighted by Gasteiger charge is 2.46. The highest BCUT2D eigenvalue weighted by molar-refractivity contribution is 14.1. The molecule has 0 saturated carbocycles. The standard InChI is InChI=1S/C19H23FINO2/c20-8-2-10-24-19(23)18-16(12-15-5-6-17(18)22-15)14-4-1-3-13(11-14)7-9-21/h1,3-4,7,9,11,15-18,22H,2,5-6,8,10,12H2/b9-7-/i20-1. The first-order chi connectivity index (χ1) is 11.7. The first kappa shape index (κ1) is 17.9. The Morgan fingerprint density at radius 3 is 3.08 bits per heavy atom. The van der Waals surface area contributed by atoms with Crippen LogP contribution in [0.3, 0.4) is 0 Å². The van der Waals surface area contributed by atoms with Crippen molar-refractivity contribution in [3.05, 3.63) is 39.5 Å². The molecule has 0 aromatic heterocycles. The van der Waals surface area contributed by atoms with Gasteiger partial charge in [-0.15, -0.1) is 0 Å². The molecule has 2 bridgehead atoms. The molecule has 2 aliphatic heterocycles. The van der Waals surface area contributed by atoms with Gasteiger partial charge in [0.25, 0.3) is 0 Å². The summed E-state index contributed by atoms with van der Waals surface area (Å²) < 4.78 is 19.6. The zero-order valence-electron chi connectivity index (χ0n) is 13.6. The highest BCUT2D eigenvalue weighted by Crippen LogP contribution is 2.42. The first-order valence-corrected chi connectivity index (χ1v) is 9.83. The van der Waals surface area contributed by atoms with Crippen LogP contribution in [0.1, 0.15) is 42.7 Å². The van der Waals surface area contributed by atoms with Crippen LogP contribution in [0.25, 0.3) is 6.08 Å². The lowest BCUT2D eigenvalue weighted by Crippen LogP contribution is -2.48. The molecule has 3 rings (SSSR count). The Bertz CT molecular complexity index is 607. The Kier molecular flexibility index (Phi) is 6.27. The molecule has 1 N–H and O–H groups in total. The average molecular weight is 442 g/mol. The number of esters is 1. The zero-order valence-corrected chi connectivity index (χ0v) is 15.7. The molecule has 0 spiro atoms. The van der Waals surface area contributed by atoms with Crippen molar-refractivity contribution in [1.29, 1.82) is 0 Å². The summed E-state index contributed by atoms with van der Waals surface area (Å²) in [5.74, 6) is -0.187. The van der Waals surface area contributed by atoms with Crippen molar-refractivity contribution < 1.29 is 13.9 Å². The average Bonchev–Trinajstić information content (AvgIpc) is 2.96. The van der Waals surface area contributed by atoms with Crippen molar-refractivity contribution in [3.63, 3.8) is 0 Å². The number of hydrogen-bond donors (Lipinski definition) is 1. The number of fused-ring (bicyclic) bond motifs is 2. The molecule has 4 unspecified atom stereocenters. The van der Waals surface area contributed by atoms with E-state index in [4.69, 9.17) is 4.74 Å². The summed E-state index contributed by atoms with van der Waals surface area (Å²) in [7, 11) is 0. The highest BCUT2D eigenvalue weighted by atomic mass is 127. The van der Waals surface area contributed by atoms with Crippen LogP contribution in [-0.4, -0.2) is 31.3 Å². The van der Waals surface area contributed by atoms with Gasteiger partial charge in [0, 0.05) is 24.4 Å². The van der Waals surface area contributed by atoms with Crippen LogP contribution in [0.5, 0.6) is 0 Å².